The van der Waals surface area contributed by atoms with E-state index in [9.17, 15) is 0 Å². The van der Waals surface area contributed by atoms with E-state index in [4.69, 9.17) is 5.73 Å². The maximum atomic E-state index is 5.83. The first-order valence-electron chi connectivity index (χ1n) is 6.25. The number of hydrogen-bond acceptors (Lipinski definition) is 2. The average Bonchev–Trinajstić information content (AvgIpc) is 2.39. The predicted octanol–water partition coefficient (Wildman–Crippen LogP) is 3.71. The minimum atomic E-state index is 0.532. The Labute approximate surface area is 107 Å². The van der Waals surface area contributed by atoms with E-state index in [1.807, 2.05) is 12.1 Å². The number of hydrogen-bond donors (Lipinski definition) is 1. The minimum Gasteiger partial charge on any atom is -0.399 e. The summed E-state index contributed by atoms with van der Waals surface area (Å²) in [6.07, 6.45) is 5.03. The summed E-state index contributed by atoms with van der Waals surface area (Å²) in [5.41, 5.74) is 11.6. The Morgan fingerprint density at radius 1 is 1.22 bits per heavy atom. The third-order valence-electron chi connectivity index (χ3n) is 3.50. The molecule has 2 nitrogen and oxygen atoms in total. The van der Waals surface area contributed by atoms with Crippen molar-refractivity contribution in [1.82, 2.24) is 4.98 Å². The molecule has 0 saturated carbocycles. The van der Waals surface area contributed by atoms with Gasteiger partial charge in [-0.3, -0.25) is 4.98 Å². The highest BCUT2D eigenvalue weighted by Gasteiger charge is 2.18. The van der Waals surface area contributed by atoms with Crippen LogP contribution in [0.2, 0.25) is 0 Å². The zero-order valence-electron chi connectivity index (χ0n) is 10.4. The molecule has 1 aliphatic carbocycles. The largest absolute Gasteiger partial charge is 0.399 e. The van der Waals surface area contributed by atoms with Crippen LogP contribution < -0.4 is 5.73 Å². The van der Waals surface area contributed by atoms with Crippen LogP contribution in [0, 0.1) is 0 Å². The van der Waals surface area contributed by atoms with Gasteiger partial charge in [-0.05, 0) is 47.2 Å². The normalized spacial score (nSPS) is 18.1. The summed E-state index contributed by atoms with van der Waals surface area (Å²) in [6.45, 7) is 2.26. The minimum absolute atomic E-state index is 0.532. The second-order valence-corrected chi connectivity index (χ2v) is 4.88. The first kappa shape index (κ1) is 11.0. The van der Waals surface area contributed by atoms with Gasteiger partial charge in [0.25, 0.3) is 0 Å². The Bertz CT molecular complexity index is 614. The van der Waals surface area contributed by atoms with Crippen molar-refractivity contribution >= 4 is 17.3 Å². The van der Waals surface area contributed by atoms with Crippen molar-refractivity contribution in [3.8, 4) is 0 Å². The van der Waals surface area contributed by atoms with E-state index >= 15 is 0 Å². The third-order valence-corrected chi connectivity index (χ3v) is 3.50. The molecule has 1 atom stereocenters. The Morgan fingerprint density at radius 2 is 2.06 bits per heavy atom. The van der Waals surface area contributed by atoms with Crippen LogP contribution in [0.1, 0.15) is 36.1 Å². The van der Waals surface area contributed by atoms with Gasteiger partial charge in [-0.2, -0.15) is 0 Å². The first-order valence-corrected chi connectivity index (χ1v) is 6.25. The number of anilines is 1. The second-order valence-electron chi connectivity index (χ2n) is 4.88. The number of allylic oxidation sites excluding steroid dienone is 1. The van der Waals surface area contributed by atoms with Crippen LogP contribution in [0.25, 0.3) is 11.6 Å². The van der Waals surface area contributed by atoms with Gasteiger partial charge in [0.15, 0.2) is 0 Å². The maximum Gasteiger partial charge on any atom is 0.0682 e. The van der Waals surface area contributed by atoms with Gasteiger partial charge in [0, 0.05) is 11.9 Å². The van der Waals surface area contributed by atoms with E-state index in [0.29, 0.717) is 5.92 Å². The predicted molar refractivity (Wildman–Crippen MR) is 76.0 cm³/mol. The Balaban J connectivity index is 2.08. The highest BCUT2D eigenvalue weighted by molar-refractivity contribution is 5.84. The van der Waals surface area contributed by atoms with Gasteiger partial charge in [0.05, 0.1) is 5.69 Å². The van der Waals surface area contributed by atoms with Crippen molar-refractivity contribution in [2.45, 2.75) is 19.3 Å². The maximum absolute atomic E-state index is 5.83. The number of nitrogens with zero attached hydrogens (tertiary/aromatic N) is 1. The number of fused-ring (bicyclic) bond motifs is 1. The van der Waals surface area contributed by atoms with Crippen molar-refractivity contribution < 1.29 is 0 Å². The fourth-order valence-corrected chi connectivity index (χ4v) is 2.58. The molecular weight excluding hydrogens is 220 g/mol. The van der Waals surface area contributed by atoms with Gasteiger partial charge in [-0.25, -0.2) is 0 Å². The van der Waals surface area contributed by atoms with E-state index in [1.165, 1.54) is 16.7 Å². The standard InChI is InChI=1S/C16H16N2/c1-11-8-13(16-10-14(17)6-7-18-16)9-12-4-2-3-5-15(11)12/h2-7,9-11H,8H2,1H3,(H2,17,18)/t11-/m1/s1. The molecular formula is C16H16N2. The summed E-state index contributed by atoms with van der Waals surface area (Å²) in [4.78, 5) is 4.42. The lowest BCUT2D eigenvalue weighted by molar-refractivity contribution is 0.781. The molecule has 0 unspecified atom stereocenters. The molecule has 3 rings (SSSR count). The molecule has 1 aliphatic rings. The Hall–Kier alpha value is -2.09. The van der Waals surface area contributed by atoms with E-state index in [-0.39, 0.29) is 0 Å². The molecule has 0 amide bonds. The summed E-state index contributed by atoms with van der Waals surface area (Å²) in [6, 6.07) is 12.3. The lowest BCUT2D eigenvalue weighted by Crippen LogP contribution is -2.05. The smallest absolute Gasteiger partial charge is 0.0682 e. The van der Waals surface area contributed by atoms with Crippen molar-refractivity contribution in [2.24, 2.45) is 0 Å². The SMILES string of the molecule is C[C@@H]1CC(c2cc(N)ccn2)=Cc2ccccc21. The average molecular weight is 236 g/mol. The zero-order valence-corrected chi connectivity index (χ0v) is 10.4. The molecule has 0 fully saturated rings. The van der Waals surface area contributed by atoms with Crippen molar-refractivity contribution in [3.63, 3.8) is 0 Å². The molecule has 90 valence electrons. The topological polar surface area (TPSA) is 38.9 Å². The van der Waals surface area contributed by atoms with Gasteiger partial charge in [0.1, 0.15) is 0 Å². The number of nitrogen functional groups attached to an aromatic ring is 1. The number of pyridine rings is 1. The second kappa shape index (κ2) is 4.30. The fraction of sp³-hybridized carbons (Fsp3) is 0.188. The Kier molecular flexibility index (Phi) is 2.63. The van der Waals surface area contributed by atoms with Gasteiger partial charge in [-0.1, -0.05) is 31.2 Å². The summed E-state index contributed by atoms with van der Waals surface area (Å²) >= 11 is 0. The van der Waals surface area contributed by atoms with Crippen LogP contribution in [-0.4, -0.2) is 4.98 Å². The number of rotatable bonds is 1. The summed E-state index contributed by atoms with van der Waals surface area (Å²) < 4.78 is 0. The fourth-order valence-electron chi connectivity index (χ4n) is 2.58. The molecule has 0 saturated heterocycles. The van der Waals surface area contributed by atoms with Crippen LogP contribution in [-0.2, 0) is 0 Å². The molecule has 0 spiro atoms. The van der Waals surface area contributed by atoms with Crippen LogP contribution in [0.5, 0.6) is 0 Å². The van der Waals surface area contributed by atoms with Crippen LogP contribution in [0.15, 0.2) is 42.6 Å². The number of aromatic nitrogens is 1. The molecule has 1 aromatic heterocycles. The molecule has 0 bridgehead atoms. The number of nitrogens with two attached hydrogens (primary N) is 1. The first-order chi connectivity index (χ1) is 8.74. The highest BCUT2D eigenvalue weighted by Crippen LogP contribution is 2.37. The van der Waals surface area contributed by atoms with Crippen molar-refractivity contribution in [1.29, 1.82) is 0 Å². The molecule has 2 N–H and O–H groups in total. The van der Waals surface area contributed by atoms with Crippen LogP contribution in [0.4, 0.5) is 5.69 Å². The lowest BCUT2D eigenvalue weighted by Gasteiger charge is -2.22. The quantitative estimate of drug-likeness (QED) is 0.819. The highest BCUT2D eigenvalue weighted by atomic mass is 14.7. The van der Waals surface area contributed by atoms with E-state index in [1.54, 1.807) is 6.20 Å². The molecule has 0 aliphatic heterocycles. The van der Waals surface area contributed by atoms with Crippen molar-refractivity contribution in [3.05, 3.63) is 59.4 Å². The zero-order chi connectivity index (χ0) is 12.5. The molecule has 1 heterocycles. The summed E-state index contributed by atoms with van der Waals surface area (Å²) in [7, 11) is 0. The molecule has 2 aromatic rings. The molecule has 1 aromatic carbocycles. The monoisotopic (exact) mass is 236 g/mol. The third kappa shape index (κ3) is 1.90. The van der Waals surface area contributed by atoms with Crippen molar-refractivity contribution in [2.75, 3.05) is 5.73 Å². The Morgan fingerprint density at radius 3 is 2.89 bits per heavy atom. The van der Waals surface area contributed by atoms with E-state index in [2.05, 4.69) is 42.2 Å². The van der Waals surface area contributed by atoms with Gasteiger partial charge < -0.3 is 5.73 Å². The van der Waals surface area contributed by atoms with Gasteiger partial charge in [0.2, 0.25) is 0 Å². The number of benzene rings is 1. The van der Waals surface area contributed by atoms with Crippen LogP contribution >= 0.6 is 0 Å². The molecule has 2 heteroatoms. The van der Waals surface area contributed by atoms with Gasteiger partial charge in [-0.15, -0.1) is 0 Å². The van der Waals surface area contributed by atoms with E-state index < -0.39 is 0 Å². The molecule has 0 radical (unpaired) electrons. The summed E-state index contributed by atoms with van der Waals surface area (Å²) in [5.74, 6) is 0.532. The summed E-state index contributed by atoms with van der Waals surface area (Å²) in [5, 5.41) is 0. The van der Waals surface area contributed by atoms with Gasteiger partial charge >= 0.3 is 0 Å². The lowest BCUT2D eigenvalue weighted by atomic mass is 9.83. The van der Waals surface area contributed by atoms with E-state index in [0.717, 1.165) is 17.8 Å². The molecule has 18 heavy (non-hydrogen) atoms. The van der Waals surface area contributed by atoms with Crippen LogP contribution in [0.3, 0.4) is 0 Å².